The van der Waals surface area contributed by atoms with E-state index >= 15 is 0 Å². The molecule has 2 aromatic rings. The van der Waals surface area contributed by atoms with Gasteiger partial charge in [-0.05, 0) is 34.1 Å². The first-order valence-corrected chi connectivity index (χ1v) is 7.69. The van der Waals surface area contributed by atoms with Crippen LogP contribution in [0.25, 0.3) is 6.08 Å². The summed E-state index contributed by atoms with van der Waals surface area (Å²) in [6.07, 6.45) is 3.26. The minimum absolute atomic E-state index is 0.213. The van der Waals surface area contributed by atoms with E-state index in [-0.39, 0.29) is 5.91 Å². The van der Waals surface area contributed by atoms with Gasteiger partial charge in [0.2, 0.25) is 5.91 Å². The lowest BCUT2D eigenvalue weighted by atomic mass is 10.2. The van der Waals surface area contributed by atoms with E-state index in [4.69, 9.17) is 9.47 Å². The van der Waals surface area contributed by atoms with Crippen LogP contribution >= 0.6 is 27.3 Å². The predicted octanol–water partition coefficient (Wildman–Crippen LogP) is 4.18. The third-order valence-corrected chi connectivity index (χ3v) is 4.20. The van der Waals surface area contributed by atoms with Gasteiger partial charge < -0.3 is 14.8 Å². The number of hydrogen-bond donors (Lipinski definition) is 1. The van der Waals surface area contributed by atoms with Gasteiger partial charge >= 0.3 is 0 Å². The molecule has 110 valence electrons. The van der Waals surface area contributed by atoms with Gasteiger partial charge in [0.25, 0.3) is 0 Å². The Labute approximate surface area is 135 Å². The monoisotopic (exact) mass is 367 g/mol. The molecule has 1 aromatic carbocycles. The SMILES string of the molecule is COc1cc(NC(=O)/C=C/c2ccc(Br)s2)cc(OC)c1. The number of carbonyl (C=O) groups excluding carboxylic acids is 1. The maximum atomic E-state index is 11.9. The second kappa shape index (κ2) is 7.28. The maximum absolute atomic E-state index is 11.9. The topological polar surface area (TPSA) is 47.6 Å². The zero-order valence-electron chi connectivity index (χ0n) is 11.6. The van der Waals surface area contributed by atoms with E-state index in [2.05, 4.69) is 21.2 Å². The van der Waals surface area contributed by atoms with Crippen LogP contribution in [-0.2, 0) is 4.79 Å². The fraction of sp³-hybridized carbons (Fsp3) is 0.133. The zero-order valence-corrected chi connectivity index (χ0v) is 14.0. The van der Waals surface area contributed by atoms with E-state index < -0.39 is 0 Å². The van der Waals surface area contributed by atoms with Crippen LogP contribution in [0.15, 0.2) is 40.2 Å². The highest BCUT2D eigenvalue weighted by atomic mass is 79.9. The van der Waals surface area contributed by atoms with Gasteiger partial charge in [-0.2, -0.15) is 0 Å². The van der Waals surface area contributed by atoms with E-state index in [1.807, 2.05) is 12.1 Å². The van der Waals surface area contributed by atoms with Crippen LogP contribution in [0.2, 0.25) is 0 Å². The zero-order chi connectivity index (χ0) is 15.2. The molecule has 0 fully saturated rings. The number of halogens is 1. The van der Waals surface area contributed by atoms with E-state index in [1.165, 1.54) is 6.08 Å². The van der Waals surface area contributed by atoms with Gasteiger partial charge in [0, 0.05) is 34.8 Å². The van der Waals surface area contributed by atoms with Crippen molar-refractivity contribution in [2.24, 2.45) is 0 Å². The van der Waals surface area contributed by atoms with Crippen LogP contribution < -0.4 is 14.8 Å². The van der Waals surface area contributed by atoms with Gasteiger partial charge in [-0.25, -0.2) is 0 Å². The number of rotatable bonds is 5. The molecule has 2 rings (SSSR count). The molecule has 1 amide bonds. The van der Waals surface area contributed by atoms with E-state index in [0.29, 0.717) is 17.2 Å². The first-order chi connectivity index (χ1) is 10.1. The number of hydrogen-bond acceptors (Lipinski definition) is 4. The van der Waals surface area contributed by atoms with Crippen molar-refractivity contribution < 1.29 is 14.3 Å². The summed E-state index contributed by atoms with van der Waals surface area (Å²) >= 11 is 4.94. The Hall–Kier alpha value is -1.79. The van der Waals surface area contributed by atoms with E-state index in [0.717, 1.165) is 8.66 Å². The van der Waals surface area contributed by atoms with Crippen LogP contribution in [-0.4, -0.2) is 20.1 Å². The summed E-state index contributed by atoms with van der Waals surface area (Å²) in [5, 5.41) is 2.78. The second-order valence-corrected chi connectivity index (χ2v) is 6.56. The Kier molecular flexibility index (Phi) is 5.41. The lowest BCUT2D eigenvalue weighted by molar-refractivity contribution is -0.111. The summed E-state index contributed by atoms with van der Waals surface area (Å²) in [6.45, 7) is 0. The molecule has 21 heavy (non-hydrogen) atoms. The fourth-order valence-corrected chi connectivity index (χ4v) is 2.97. The molecule has 1 aromatic heterocycles. The summed E-state index contributed by atoms with van der Waals surface area (Å²) in [4.78, 5) is 12.9. The minimum atomic E-state index is -0.213. The van der Waals surface area contributed by atoms with Gasteiger partial charge in [0.05, 0.1) is 18.0 Å². The summed E-state index contributed by atoms with van der Waals surface area (Å²) < 4.78 is 11.3. The summed E-state index contributed by atoms with van der Waals surface area (Å²) in [7, 11) is 3.13. The quantitative estimate of drug-likeness (QED) is 0.806. The van der Waals surface area contributed by atoms with Crippen LogP contribution in [0.4, 0.5) is 5.69 Å². The lowest BCUT2D eigenvalue weighted by Gasteiger charge is -2.08. The van der Waals surface area contributed by atoms with Crippen molar-refractivity contribution in [3.63, 3.8) is 0 Å². The van der Waals surface area contributed by atoms with Crippen molar-refractivity contribution in [1.29, 1.82) is 0 Å². The molecule has 0 spiro atoms. The molecule has 0 saturated carbocycles. The standard InChI is InChI=1S/C15H14BrNO3S/c1-19-11-7-10(8-12(9-11)20-2)17-15(18)6-4-13-3-5-14(16)21-13/h3-9H,1-2H3,(H,17,18)/b6-4+. The van der Waals surface area contributed by atoms with Crippen LogP contribution in [0, 0.1) is 0 Å². The van der Waals surface area contributed by atoms with Crippen molar-refractivity contribution in [2.45, 2.75) is 0 Å². The number of benzene rings is 1. The predicted molar refractivity (Wildman–Crippen MR) is 89.2 cm³/mol. The van der Waals surface area contributed by atoms with Crippen LogP contribution in [0.5, 0.6) is 11.5 Å². The van der Waals surface area contributed by atoms with Crippen LogP contribution in [0.3, 0.4) is 0 Å². The Morgan fingerprint density at radius 1 is 1.19 bits per heavy atom. The Balaban J connectivity index is 2.07. The van der Waals surface area contributed by atoms with Gasteiger partial charge in [0.1, 0.15) is 11.5 Å². The molecule has 0 unspecified atom stereocenters. The van der Waals surface area contributed by atoms with Gasteiger partial charge in [-0.15, -0.1) is 11.3 Å². The Morgan fingerprint density at radius 2 is 1.86 bits per heavy atom. The van der Waals surface area contributed by atoms with Crippen molar-refractivity contribution in [1.82, 2.24) is 0 Å². The van der Waals surface area contributed by atoms with Crippen molar-refractivity contribution in [3.8, 4) is 11.5 Å². The largest absolute Gasteiger partial charge is 0.497 e. The third-order valence-electron chi connectivity index (χ3n) is 2.61. The lowest BCUT2D eigenvalue weighted by Crippen LogP contribution is -2.07. The smallest absolute Gasteiger partial charge is 0.248 e. The van der Waals surface area contributed by atoms with Crippen LogP contribution in [0.1, 0.15) is 4.88 Å². The first-order valence-electron chi connectivity index (χ1n) is 6.08. The summed E-state index contributed by atoms with van der Waals surface area (Å²) in [6, 6.07) is 9.09. The highest BCUT2D eigenvalue weighted by Gasteiger charge is 2.04. The third kappa shape index (κ3) is 4.61. The summed E-state index contributed by atoms with van der Waals surface area (Å²) in [5.41, 5.74) is 0.619. The molecule has 0 saturated heterocycles. The van der Waals surface area contributed by atoms with Gasteiger partial charge in [-0.1, -0.05) is 0 Å². The molecular weight excluding hydrogens is 354 g/mol. The van der Waals surface area contributed by atoms with E-state index in [9.17, 15) is 4.79 Å². The molecule has 1 N–H and O–H groups in total. The normalized spacial score (nSPS) is 10.6. The number of carbonyl (C=O) groups is 1. The Bertz CT molecular complexity index is 644. The van der Waals surface area contributed by atoms with Gasteiger partial charge in [-0.3, -0.25) is 4.79 Å². The molecule has 0 atom stereocenters. The molecule has 0 aliphatic rings. The number of nitrogens with one attached hydrogen (secondary N) is 1. The molecule has 0 radical (unpaired) electrons. The molecular formula is C15H14BrNO3S. The number of thiophene rings is 1. The van der Waals surface area contributed by atoms with Crippen molar-refractivity contribution in [3.05, 3.63) is 45.1 Å². The second-order valence-electron chi connectivity index (χ2n) is 4.07. The van der Waals surface area contributed by atoms with E-state index in [1.54, 1.807) is 49.8 Å². The first kappa shape index (κ1) is 15.6. The summed E-state index contributed by atoms with van der Waals surface area (Å²) in [5.74, 6) is 1.03. The maximum Gasteiger partial charge on any atom is 0.248 e. The average Bonchev–Trinajstić information content (AvgIpc) is 2.90. The fourth-order valence-electron chi connectivity index (χ4n) is 1.64. The molecule has 0 aliphatic heterocycles. The number of anilines is 1. The number of ether oxygens (including phenoxy) is 2. The molecule has 4 nitrogen and oxygen atoms in total. The minimum Gasteiger partial charge on any atom is -0.497 e. The number of amides is 1. The van der Waals surface area contributed by atoms with Gasteiger partial charge in [0.15, 0.2) is 0 Å². The van der Waals surface area contributed by atoms with Crippen molar-refractivity contribution >= 4 is 44.9 Å². The average molecular weight is 368 g/mol. The Morgan fingerprint density at radius 3 is 2.38 bits per heavy atom. The molecule has 1 heterocycles. The highest BCUT2D eigenvalue weighted by Crippen LogP contribution is 2.26. The van der Waals surface area contributed by atoms with Crippen molar-refractivity contribution in [2.75, 3.05) is 19.5 Å². The number of methoxy groups -OCH3 is 2. The highest BCUT2D eigenvalue weighted by molar-refractivity contribution is 9.11. The molecule has 0 bridgehead atoms. The molecule has 6 heteroatoms. The molecule has 0 aliphatic carbocycles.